The van der Waals surface area contributed by atoms with E-state index < -0.39 is 0 Å². The lowest BCUT2D eigenvalue weighted by molar-refractivity contribution is -0.00767. The lowest BCUT2D eigenvalue weighted by Crippen LogP contribution is -2.48. The maximum atomic E-state index is 3.76. The highest BCUT2D eigenvalue weighted by molar-refractivity contribution is 7.99. The van der Waals surface area contributed by atoms with E-state index in [-0.39, 0.29) is 0 Å². The number of fused-ring (bicyclic) bond motifs is 1. The Labute approximate surface area is 98.2 Å². The Morgan fingerprint density at radius 3 is 3.00 bits per heavy atom. The Morgan fingerprint density at radius 1 is 1.60 bits per heavy atom. The van der Waals surface area contributed by atoms with Gasteiger partial charge in [-0.2, -0.15) is 11.8 Å². The van der Waals surface area contributed by atoms with Gasteiger partial charge in [0.25, 0.3) is 0 Å². The van der Waals surface area contributed by atoms with E-state index in [1.54, 1.807) is 5.57 Å². The molecule has 84 valence electrons. The van der Waals surface area contributed by atoms with Crippen LogP contribution in [0.5, 0.6) is 0 Å². The molecule has 0 radical (unpaired) electrons. The second-order valence-electron chi connectivity index (χ2n) is 5.43. The molecule has 0 unspecified atom stereocenters. The molecule has 3 aliphatic carbocycles. The third-order valence-electron chi connectivity index (χ3n) is 4.35. The largest absolute Gasteiger partial charge is 0.158 e. The first-order chi connectivity index (χ1) is 7.16. The van der Waals surface area contributed by atoms with Crippen LogP contribution >= 0.6 is 11.8 Å². The minimum atomic E-state index is 0.604. The predicted molar refractivity (Wildman–Crippen MR) is 70.2 cm³/mol. The van der Waals surface area contributed by atoms with E-state index in [0.717, 1.165) is 17.6 Å². The molecule has 2 atom stereocenters. The number of hydrogen-bond acceptors (Lipinski definition) is 1. The third-order valence-corrected chi connectivity index (χ3v) is 5.32. The van der Waals surface area contributed by atoms with E-state index in [2.05, 4.69) is 26.5 Å². The monoisotopic (exact) mass is 222 g/mol. The number of rotatable bonds is 5. The molecule has 1 heteroatoms. The van der Waals surface area contributed by atoms with Crippen molar-refractivity contribution in [1.29, 1.82) is 0 Å². The van der Waals surface area contributed by atoms with E-state index in [4.69, 9.17) is 0 Å². The summed E-state index contributed by atoms with van der Waals surface area (Å²) in [4.78, 5) is 0. The van der Waals surface area contributed by atoms with Gasteiger partial charge in [-0.05, 0) is 42.3 Å². The van der Waals surface area contributed by atoms with Gasteiger partial charge >= 0.3 is 0 Å². The van der Waals surface area contributed by atoms with Gasteiger partial charge in [-0.15, -0.1) is 6.58 Å². The lowest BCUT2D eigenvalue weighted by atomic mass is 9.48. The standard InChI is InChI=1S/C14H22S/c1-4-8-15-9-7-11-5-6-12-10-13(11)14(12,2)3/h4-5,12-13H,1,6-10H2,2-3H3/t12-,13+/m1/s1. The summed E-state index contributed by atoms with van der Waals surface area (Å²) in [6.07, 6.45) is 8.64. The van der Waals surface area contributed by atoms with Crippen LogP contribution in [-0.2, 0) is 0 Å². The maximum Gasteiger partial charge on any atom is 0.0110 e. The van der Waals surface area contributed by atoms with Crippen LogP contribution in [0.25, 0.3) is 0 Å². The van der Waals surface area contributed by atoms with Crippen molar-refractivity contribution in [3.05, 3.63) is 24.3 Å². The summed E-state index contributed by atoms with van der Waals surface area (Å²) in [5.41, 5.74) is 2.35. The van der Waals surface area contributed by atoms with Crippen LogP contribution in [0.1, 0.15) is 33.1 Å². The summed E-state index contributed by atoms with van der Waals surface area (Å²) in [6.45, 7) is 8.66. The topological polar surface area (TPSA) is 0 Å². The first kappa shape index (κ1) is 11.3. The zero-order chi connectivity index (χ0) is 10.9. The maximum absolute atomic E-state index is 3.76. The Morgan fingerprint density at radius 2 is 2.40 bits per heavy atom. The Balaban J connectivity index is 1.83. The van der Waals surface area contributed by atoms with Gasteiger partial charge < -0.3 is 0 Å². The molecule has 2 bridgehead atoms. The van der Waals surface area contributed by atoms with Gasteiger partial charge in [0.2, 0.25) is 0 Å². The average Bonchev–Trinajstić information content (AvgIpc) is 2.24. The van der Waals surface area contributed by atoms with Gasteiger partial charge in [0.05, 0.1) is 0 Å². The van der Waals surface area contributed by atoms with Gasteiger partial charge in [-0.25, -0.2) is 0 Å². The van der Waals surface area contributed by atoms with Crippen molar-refractivity contribution in [2.24, 2.45) is 17.3 Å². The van der Waals surface area contributed by atoms with Crippen LogP contribution < -0.4 is 0 Å². The van der Waals surface area contributed by atoms with Crippen molar-refractivity contribution < 1.29 is 0 Å². The fourth-order valence-corrected chi connectivity index (χ4v) is 3.83. The van der Waals surface area contributed by atoms with Crippen molar-refractivity contribution >= 4 is 11.8 Å². The number of hydrogen-bond donors (Lipinski definition) is 0. The Bertz CT molecular complexity index is 275. The van der Waals surface area contributed by atoms with Crippen LogP contribution in [0.4, 0.5) is 0 Å². The van der Waals surface area contributed by atoms with Crippen LogP contribution in [0, 0.1) is 17.3 Å². The van der Waals surface area contributed by atoms with Crippen molar-refractivity contribution in [1.82, 2.24) is 0 Å². The van der Waals surface area contributed by atoms with Crippen LogP contribution in [0.2, 0.25) is 0 Å². The molecule has 0 saturated heterocycles. The first-order valence-electron chi connectivity index (χ1n) is 6.04. The molecule has 1 saturated carbocycles. The summed E-state index contributed by atoms with van der Waals surface area (Å²) in [5.74, 6) is 4.26. The molecule has 0 aromatic rings. The predicted octanol–water partition coefficient (Wildman–Crippen LogP) is 4.29. The van der Waals surface area contributed by atoms with E-state index in [1.807, 2.05) is 17.8 Å². The molecule has 3 rings (SSSR count). The summed E-state index contributed by atoms with van der Waals surface area (Å²) in [7, 11) is 0. The number of thioether (sulfide) groups is 1. The van der Waals surface area contributed by atoms with Gasteiger partial charge in [-0.1, -0.05) is 31.6 Å². The van der Waals surface area contributed by atoms with Crippen molar-refractivity contribution in [3.8, 4) is 0 Å². The zero-order valence-corrected chi connectivity index (χ0v) is 10.8. The molecule has 0 nitrogen and oxygen atoms in total. The molecule has 0 N–H and O–H groups in total. The fraction of sp³-hybridized carbons (Fsp3) is 0.714. The van der Waals surface area contributed by atoms with Crippen LogP contribution in [-0.4, -0.2) is 11.5 Å². The molecule has 0 amide bonds. The van der Waals surface area contributed by atoms with Crippen LogP contribution in [0.3, 0.4) is 0 Å². The summed E-state index contributed by atoms with van der Waals surface area (Å²) >= 11 is 2.01. The molecule has 15 heavy (non-hydrogen) atoms. The lowest BCUT2D eigenvalue weighted by Gasteiger charge is -2.56. The minimum Gasteiger partial charge on any atom is -0.158 e. The highest BCUT2D eigenvalue weighted by Gasteiger charge is 2.50. The van der Waals surface area contributed by atoms with Gasteiger partial charge in [0.15, 0.2) is 0 Å². The molecular formula is C14H22S. The highest BCUT2D eigenvalue weighted by Crippen LogP contribution is 2.59. The van der Waals surface area contributed by atoms with Gasteiger partial charge in [-0.3, -0.25) is 0 Å². The quantitative estimate of drug-likeness (QED) is 0.494. The van der Waals surface area contributed by atoms with Crippen molar-refractivity contribution in [2.45, 2.75) is 33.1 Å². The molecule has 0 aromatic heterocycles. The molecule has 0 aromatic carbocycles. The third kappa shape index (κ3) is 2.04. The summed E-state index contributed by atoms with van der Waals surface area (Å²) in [6, 6.07) is 0. The van der Waals surface area contributed by atoms with Crippen molar-refractivity contribution in [2.75, 3.05) is 11.5 Å². The SMILES string of the molecule is C=CCSCCC1=CC[C@@H]2C[C@@H]1C2(C)C. The zero-order valence-electron chi connectivity index (χ0n) is 9.96. The van der Waals surface area contributed by atoms with E-state index in [1.165, 1.54) is 25.0 Å². The molecule has 0 spiro atoms. The van der Waals surface area contributed by atoms with E-state index in [0.29, 0.717) is 5.41 Å². The molecule has 1 fully saturated rings. The first-order valence-corrected chi connectivity index (χ1v) is 7.19. The van der Waals surface area contributed by atoms with Crippen molar-refractivity contribution in [3.63, 3.8) is 0 Å². The Hall–Kier alpha value is -0.170. The number of allylic oxidation sites excluding steroid dienone is 2. The Kier molecular flexibility index (Phi) is 3.30. The van der Waals surface area contributed by atoms with Gasteiger partial charge in [0.1, 0.15) is 0 Å². The molecule has 0 heterocycles. The van der Waals surface area contributed by atoms with Gasteiger partial charge in [0, 0.05) is 5.75 Å². The summed E-state index contributed by atoms with van der Waals surface area (Å²) < 4.78 is 0. The van der Waals surface area contributed by atoms with E-state index >= 15 is 0 Å². The normalized spacial score (nSPS) is 31.7. The minimum absolute atomic E-state index is 0.604. The second-order valence-corrected chi connectivity index (χ2v) is 6.58. The second kappa shape index (κ2) is 4.37. The molecular weight excluding hydrogens is 200 g/mol. The fourth-order valence-electron chi connectivity index (χ4n) is 3.11. The average molecular weight is 222 g/mol. The highest BCUT2D eigenvalue weighted by atomic mass is 32.2. The smallest absolute Gasteiger partial charge is 0.0110 e. The molecule has 3 aliphatic rings. The van der Waals surface area contributed by atoms with Crippen LogP contribution in [0.15, 0.2) is 24.3 Å². The molecule has 0 aliphatic heterocycles. The van der Waals surface area contributed by atoms with E-state index in [9.17, 15) is 0 Å². The summed E-state index contributed by atoms with van der Waals surface area (Å²) in [5, 5.41) is 0.